The first-order valence-electron chi connectivity index (χ1n) is 5.55. The summed E-state index contributed by atoms with van der Waals surface area (Å²) in [7, 11) is 0. The maximum atomic E-state index is 6.12. The van der Waals surface area contributed by atoms with Crippen LogP contribution in [0.25, 0.3) is 0 Å². The molecular weight excluding hydrogens is 160 g/mol. The van der Waals surface area contributed by atoms with Gasteiger partial charge in [-0.1, -0.05) is 31.4 Å². The summed E-state index contributed by atoms with van der Waals surface area (Å²) in [5.41, 5.74) is 1.60. The SMILES string of the molecule is C=C1CC(C)OC2(CCCCC2)C1. The van der Waals surface area contributed by atoms with Crippen molar-refractivity contribution in [2.24, 2.45) is 0 Å². The van der Waals surface area contributed by atoms with Crippen molar-refractivity contribution in [1.29, 1.82) is 0 Å². The first-order chi connectivity index (χ1) is 6.20. The Balaban J connectivity index is 2.06. The molecule has 1 saturated carbocycles. The molecule has 2 fully saturated rings. The highest BCUT2D eigenvalue weighted by Gasteiger charge is 2.38. The zero-order valence-corrected chi connectivity index (χ0v) is 8.64. The molecule has 0 aromatic rings. The normalized spacial score (nSPS) is 33.6. The molecule has 13 heavy (non-hydrogen) atoms. The van der Waals surface area contributed by atoms with E-state index in [9.17, 15) is 0 Å². The van der Waals surface area contributed by atoms with Crippen LogP contribution in [0.3, 0.4) is 0 Å². The number of hydrogen-bond acceptors (Lipinski definition) is 1. The molecule has 74 valence electrons. The van der Waals surface area contributed by atoms with E-state index in [1.807, 2.05) is 0 Å². The summed E-state index contributed by atoms with van der Waals surface area (Å²) in [5, 5.41) is 0. The minimum atomic E-state index is 0.201. The lowest BCUT2D eigenvalue weighted by molar-refractivity contribution is -0.123. The van der Waals surface area contributed by atoms with Crippen molar-refractivity contribution in [2.45, 2.75) is 63.6 Å². The van der Waals surface area contributed by atoms with Crippen molar-refractivity contribution in [3.05, 3.63) is 12.2 Å². The van der Waals surface area contributed by atoms with Gasteiger partial charge in [0.2, 0.25) is 0 Å². The van der Waals surface area contributed by atoms with Gasteiger partial charge in [-0.15, -0.1) is 0 Å². The van der Waals surface area contributed by atoms with Gasteiger partial charge in [0.05, 0.1) is 11.7 Å². The highest BCUT2D eigenvalue weighted by molar-refractivity contribution is 5.07. The molecule has 0 N–H and O–H groups in total. The summed E-state index contributed by atoms with van der Waals surface area (Å²) in [6, 6.07) is 0. The fourth-order valence-electron chi connectivity index (χ4n) is 2.94. The van der Waals surface area contributed by atoms with E-state index in [0.717, 1.165) is 12.8 Å². The zero-order valence-electron chi connectivity index (χ0n) is 8.64. The maximum absolute atomic E-state index is 6.12. The quantitative estimate of drug-likeness (QED) is 0.519. The summed E-state index contributed by atoms with van der Waals surface area (Å²) >= 11 is 0. The van der Waals surface area contributed by atoms with Crippen molar-refractivity contribution >= 4 is 0 Å². The van der Waals surface area contributed by atoms with Gasteiger partial charge < -0.3 is 4.74 Å². The van der Waals surface area contributed by atoms with Crippen LogP contribution in [0.1, 0.15) is 51.9 Å². The second-order valence-corrected chi connectivity index (χ2v) is 4.80. The van der Waals surface area contributed by atoms with E-state index in [1.165, 1.54) is 37.7 Å². The lowest BCUT2D eigenvalue weighted by Crippen LogP contribution is -2.42. The Bertz CT molecular complexity index is 201. The summed E-state index contributed by atoms with van der Waals surface area (Å²) < 4.78 is 6.12. The van der Waals surface area contributed by atoms with Crippen LogP contribution in [0.4, 0.5) is 0 Å². The Hall–Kier alpha value is -0.300. The molecule has 0 aromatic carbocycles. The predicted molar refractivity (Wildman–Crippen MR) is 54.7 cm³/mol. The number of rotatable bonds is 0. The van der Waals surface area contributed by atoms with Gasteiger partial charge in [-0.05, 0) is 32.6 Å². The maximum Gasteiger partial charge on any atom is 0.0723 e. The standard InChI is InChI=1S/C12H20O/c1-10-8-11(2)13-12(9-10)6-4-3-5-7-12/h11H,1,3-9H2,2H3. The van der Waals surface area contributed by atoms with Gasteiger partial charge in [0.25, 0.3) is 0 Å². The van der Waals surface area contributed by atoms with Gasteiger partial charge in [0.1, 0.15) is 0 Å². The van der Waals surface area contributed by atoms with E-state index in [0.29, 0.717) is 6.10 Å². The molecule has 1 heterocycles. The Kier molecular flexibility index (Phi) is 2.46. The van der Waals surface area contributed by atoms with Crippen LogP contribution >= 0.6 is 0 Å². The molecule has 0 aromatic heterocycles. The average Bonchev–Trinajstić information content (AvgIpc) is 2.02. The molecule has 2 aliphatic rings. The summed E-state index contributed by atoms with van der Waals surface area (Å²) in [5.74, 6) is 0. The van der Waals surface area contributed by atoms with E-state index in [-0.39, 0.29) is 5.60 Å². The molecule has 1 aliphatic heterocycles. The van der Waals surface area contributed by atoms with Crippen LogP contribution < -0.4 is 0 Å². The highest BCUT2D eigenvalue weighted by atomic mass is 16.5. The predicted octanol–water partition coefficient (Wildman–Crippen LogP) is 3.44. The summed E-state index contributed by atoms with van der Waals surface area (Å²) in [6.07, 6.45) is 9.21. The average molecular weight is 180 g/mol. The zero-order chi connectivity index (χ0) is 9.31. The van der Waals surface area contributed by atoms with Gasteiger partial charge in [-0.3, -0.25) is 0 Å². The van der Waals surface area contributed by atoms with Crippen LogP contribution in [0.15, 0.2) is 12.2 Å². The topological polar surface area (TPSA) is 9.23 Å². The van der Waals surface area contributed by atoms with Crippen LogP contribution in [-0.4, -0.2) is 11.7 Å². The highest BCUT2D eigenvalue weighted by Crippen LogP contribution is 2.41. The minimum Gasteiger partial charge on any atom is -0.371 e. The van der Waals surface area contributed by atoms with Crippen molar-refractivity contribution in [3.63, 3.8) is 0 Å². The van der Waals surface area contributed by atoms with Gasteiger partial charge in [-0.25, -0.2) is 0 Å². The summed E-state index contributed by atoms with van der Waals surface area (Å²) in [4.78, 5) is 0. The lowest BCUT2D eigenvalue weighted by atomic mass is 9.77. The molecule has 1 saturated heterocycles. The Labute approximate surface area is 81.2 Å². The van der Waals surface area contributed by atoms with Crippen molar-refractivity contribution in [2.75, 3.05) is 0 Å². The molecule has 1 unspecified atom stereocenters. The monoisotopic (exact) mass is 180 g/mol. The number of hydrogen-bond donors (Lipinski definition) is 0. The van der Waals surface area contributed by atoms with E-state index >= 15 is 0 Å². The van der Waals surface area contributed by atoms with Crippen LogP contribution in [0, 0.1) is 0 Å². The van der Waals surface area contributed by atoms with E-state index < -0.39 is 0 Å². The molecule has 1 aliphatic carbocycles. The molecule has 1 heteroatoms. The summed E-state index contributed by atoms with van der Waals surface area (Å²) in [6.45, 7) is 6.32. The molecule has 1 spiro atoms. The van der Waals surface area contributed by atoms with Gasteiger partial charge in [0, 0.05) is 0 Å². The third-order valence-electron chi connectivity index (χ3n) is 3.36. The Morgan fingerprint density at radius 2 is 2.00 bits per heavy atom. The van der Waals surface area contributed by atoms with Gasteiger partial charge >= 0.3 is 0 Å². The molecule has 1 atom stereocenters. The Morgan fingerprint density at radius 1 is 1.31 bits per heavy atom. The minimum absolute atomic E-state index is 0.201. The fraction of sp³-hybridized carbons (Fsp3) is 0.833. The third-order valence-corrected chi connectivity index (χ3v) is 3.36. The van der Waals surface area contributed by atoms with E-state index in [4.69, 9.17) is 4.74 Å². The molecule has 0 bridgehead atoms. The van der Waals surface area contributed by atoms with Gasteiger partial charge in [-0.2, -0.15) is 0 Å². The molecule has 2 rings (SSSR count). The Morgan fingerprint density at radius 3 is 2.62 bits per heavy atom. The van der Waals surface area contributed by atoms with Crippen molar-refractivity contribution in [3.8, 4) is 0 Å². The fourth-order valence-corrected chi connectivity index (χ4v) is 2.94. The smallest absolute Gasteiger partial charge is 0.0723 e. The van der Waals surface area contributed by atoms with E-state index in [2.05, 4.69) is 13.5 Å². The van der Waals surface area contributed by atoms with Crippen LogP contribution in [0.5, 0.6) is 0 Å². The van der Waals surface area contributed by atoms with E-state index in [1.54, 1.807) is 0 Å². The van der Waals surface area contributed by atoms with Gasteiger partial charge in [0.15, 0.2) is 0 Å². The van der Waals surface area contributed by atoms with Crippen LogP contribution in [0.2, 0.25) is 0 Å². The number of ether oxygens (including phenoxy) is 1. The van der Waals surface area contributed by atoms with Crippen molar-refractivity contribution in [1.82, 2.24) is 0 Å². The second-order valence-electron chi connectivity index (χ2n) is 4.80. The lowest BCUT2D eigenvalue weighted by Gasteiger charge is -2.43. The first kappa shape index (κ1) is 9.26. The van der Waals surface area contributed by atoms with Crippen LogP contribution in [-0.2, 0) is 4.74 Å². The largest absolute Gasteiger partial charge is 0.371 e. The molecule has 0 amide bonds. The first-order valence-corrected chi connectivity index (χ1v) is 5.55. The molecule has 1 nitrogen and oxygen atoms in total. The second kappa shape index (κ2) is 3.45. The third kappa shape index (κ3) is 1.96. The van der Waals surface area contributed by atoms with Crippen molar-refractivity contribution < 1.29 is 4.74 Å². The molecular formula is C12H20O. The molecule has 0 radical (unpaired) electrons.